The van der Waals surface area contributed by atoms with E-state index < -0.39 is 11.7 Å². The Morgan fingerprint density at radius 1 is 1.14 bits per heavy atom. The standard InChI is InChI=1S/C25H37N5O6/c1-25(2,3)36-24(33)28(4)13-12-21(31)26-27-22(32)19-11-10-18-14-29(19)20-16-34-23(20)30(18)35-15-17-8-6-5-7-9-17/h5-9,18-20,23H,10-16H2,1-4H3,(H,26,31)(H,27,32)/t18-,19+,20?,23?/m1/s1. The number of hydroxylamine groups is 2. The van der Waals surface area contributed by atoms with Gasteiger partial charge in [0.1, 0.15) is 5.60 Å². The van der Waals surface area contributed by atoms with Gasteiger partial charge in [0.05, 0.1) is 31.3 Å². The van der Waals surface area contributed by atoms with E-state index in [0.717, 1.165) is 12.0 Å². The van der Waals surface area contributed by atoms with Gasteiger partial charge in [-0.3, -0.25) is 30.2 Å². The predicted molar refractivity (Wildman–Crippen MR) is 130 cm³/mol. The molecule has 11 heteroatoms. The number of hydrazine groups is 1. The first kappa shape index (κ1) is 26.3. The highest BCUT2D eigenvalue weighted by Crippen LogP contribution is 2.37. The summed E-state index contributed by atoms with van der Waals surface area (Å²) in [5.41, 5.74) is 5.53. The summed E-state index contributed by atoms with van der Waals surface area (Å²) in [6.45, 7) is 7.23. The fourth-order valence-electron chi connectivity index (χ4n) is 4.69. The summed E-state index contributed by atoms with van der Waals surface area (Å²) in [4.78, 5) is 46.9. The number of nitrogens with one attached hydrogen (secondary N) is 2. The van der Waals surface area contributed by atoms with E-state index in [4.69, 9.17) is 14.3 Å². The van der Waals surface area contributed by atoms with E-state index in [2.05, 4.69) is 15.8 Å². The molecule has 3 fully saturated rings. The summed E-state index contributed by atoms with van der Waals surface area (Å²) in [6.07, 6.45) is 0.771. The number of carbonyl (C=O) groups is 3. The summed E-state index contributed by atoms with van der Waals surface area (Å²) < 4.78 is 11.1. The molecule has 3 unspecified atom stereocenters. The normalized spacial score (nSPS) is 27.3. The number of piperazine rings is 1. The first-order valence-electron chi connectivity index (χ1n) is 12.5. The summed E-state index contributed by atoms with van der Waals surface area (Å²) in [5, 5.41) is 1.97. The monoisotopic (exact) mass is 503 g/mol. The zero-order valence-electron chi connectivity index (χ0n) is 21.4. The van der Waals surface area contributed by atoms with Gasteiger partial charge in [-0.15, -0.1) is 0 Å². The van der Waals surface area contributed by atoms with Gasteiger partial charge in [-0.25, -0.2) is 4.79 Å². The molecule has 3 saturated heterocycles. The first-order chi connectivity index (χ1) is 17.1. The Hall–Kier alpha value is -2.73. The maximum absolute atomic E-state index is 12.9. The van der Waals surface area contributed by atoms with Crippen molar-refractivity contribution in [3.05, 3.63) is 35.9 Å². The molecule has 2 bridgehead atoms. The minimum absolute atomic E-state index is 0.0404. The Kier molecular flexibility index (Phi) is 8.13. The Balaban J connectivity index is 1.22. The van der Waals surface area contributed by atoms with Gasteiger partial charge in [-0.2, -0.15) is 5.06 Å². The number of benzene rings is 1. The zero-order valence-corrected chi connectivity index (χ0v) is 21.4. The van der Waals surface area contributed by atoms with E-state index in [9.17, 15) is 14.4 Å². The average Bonchev–Trinajstić information content (AvgIpc) is 2.81. The number of carbonyl (C=O) groups excluding carboxylic acids is 3. The van der Waals surface area contributed by atoms with Crippen LogP contribution < -0.4 is 10.9 Å². The first-order valence-corrected chi connectivity index (χ1v) is 12.5. The smallest absolute Gasteiger partial charge is 0.410 e. The fourth-order valence-corrected chi connectivity index (χ4v) is 4.69. The van der Waals surface area contributed by atoms with Gasteiger partial charge < -0.3 is 14.4 Å². The van der Waals surface area contributed by atoms with E-state index in [-0.39, 0.29) is 49.1 Å². The van der Waals surface area contributed by atoms with Crippen LogP contribution in [0.2, 0.25) is 0 Å². The van der Waals surface area contributed by atoms with Crippen LogP contribution in [0, 0.1) is 0 Å². The lowest BCUT2D eigenvalue weighted by molar-refractivity contribution is -0.369. The number of fused-ring (bicyclic) bond motifs is 4. The molecule has 0 saturated carbocycles. The summed E-state index contributed by atoms with van der Waals surface area (Å²) in [6, 6.07) is 9.86. The number of amides is 3. The van der Waals surface area contributed by atoms with E-state index in [1.165, 1.54) is 4.90 Å². The molecule has 3 heterocycles. The van der Waals surface area contributed by atoms with Crippen LogP contribution >= 0.6 is 0 Å². The van der Waals surface area contributed by atoms with Crippen LogP contribution in [0.5, 0.6) is 0 Å². The van der Waals surface area contributed by atoms with E-state index >= 15 is 0 Å². The van der Waals surface area contributed by atoms with Crippen molar-refractivity contribution >= 4 is 17.9 Å². The van der Waals surface area contributed by atoms with Gasteiger partial charge in [0.25, 0.3) is 5.91 Å². The van der Waals surface area contributed by atoms with Gasteiger partial charge in [-0.1, -0.05) is 30.3 Å². The molecule has 0 radical (unpaired) electrons. The van der Waals surface area contributed by atoms with Gasteiger partial charge in [0.15, 0.2) is 6.23 Å². The quantitative estimate of drug-likeness (QED) is 0.537. The third kappa shape index (κ3) is 6.33. The second-order valence-electron chi connectivity index (χ2n) is 10.5. The molecule has 3 aliphatic heterocycles. The van der Waals surface area contributed by atoms with Crippen LogP contribution in [-0.2, 0) is 30.5 Å². The average molecular weight is 504 g/mol. The van der Waals surface area contributed by atoms with E-state index in [1.54, 1.807) is 27.8 Å². The molecule has 11 nitrogen and oxygen atoms in total. The second kappa shape index (κ2) is 11.1. The van der Waals surface area contributed by atoms with Crippen molar-refractivity contribution in [2.75, 3.05) is 26.7 Å². The van der Waals surface area contributed by atoms with Crippen molar-refractivity contribution in [1.29, 1.82) is 0 Å². The Morgan fingerprint density at radius 2 is 1.89 bits per heavy atom. The molecule has 1 aromatic carbocycles. The Morgan fingerprint density at radius 3 is 2.56 bits per heavy atom. The topological polar surface area (TPSA) is 113 Å². The maximum atomic E-state index is 12.9. The number of nitrogens with zero attached hydrogens (tertiary/aromatic N) is 3. The van der Waals surface area contributed by atoms with Crippen LogP contribution in [0.1, 0.15) is 45.6 Å². The van der Waals surface area contributed by atoms with E-state index in [0.29, 0.717) is 26.2 Å². The molecule has 198 valence electrons. The lowest BCUT2D eigenvalue weighted by Crippen LogP contribution is -2.76. The van der Waals surface area contributed by atoms with Gasteiger partial charge in [0, 0.05) is 26.6 Å². The van der Waals surface area contributed by atoms with Gasteiger partial charge in [-0.05, 0) is 39.2 Å². The molecule has 0 spiro atoms. The minimum atomic E-state index is -0.607. The SMILES string of the molecule is CN(CCC(=O)NNC(=O)[C@@H]1CC[C@@H]2CN1C1COC1N2OCc1ccccc1)C(=O)OC(C)(C)C. The molecular weight excluding hydrogens is 466 g/mol. The number of hydrogen-bond acceptors (Lipinski definition) is 8. The number of rotatable bonds is 7. The second-order valence-corrected chi connectivity index (χ2v) is 10.5. The lowest BCUT2D eigenvalue weighted by Gasteiger charge is -2.59. The molecular formula is C25H37N5O6. The highest BCUT2D eigenvalue weighted by molar-refractivity contribution is 5.85. The van der Waals surface area contributed by atoms with Crippen LogP contribution in [0.25, 0.3) is 0 Å². The highest BCUT2D eigenvalue weighted by atomic mass is 16.7. The summed E-state index contributed by atoms with van der Waals surface area (Å²) in [5.74, 6) is -0.622. The molecule has 4 rings (SSSR count). The van der Waals surface area contributed by atoms with Crippen LogP contribution in [-0.4, -0.2) is 89.5 Å². The van der Waals surface area contributed by atoms with Gasteiger partial charge in [0.2, 0.25) is 5.91 Å². The van der Waals surface area contributed by atoms with Crippen molar-refractivity contribution in [2.45, 2.75) is 76.6 Å². The molecule has 0 aliphatic carbocycles. The minimum Gasteiger partial charge on any atom is -0.444 e. The number of hydrogen-bond donors (Lipinski definition) is 2. The highest BCUT2D eigenvalue weighted by Gasteiger charge is 2.54. The molecule has 1 aromatic rings. The van der Waals surface area contributed by atoms with Crippen LogP contribution in [0.3, 0.4) is 0 Å². The lowest BCUT2D eigenvalue weighted by atomic mass is 9.90. The van der Waals surface area contributed by atoms with Crippen molar-refractivity contribution in [1.82, 2.24) is 25.7 Å². The zero-order chi connectivity index (χ0) is 25.9. The maximum Gasteiger partial charge on any atom is 0.410 e. The molecule has 5 atom stereocenters. The van der Waals surface area contributed by atoms with Crippen molar-refractivity contribution in [2.24, 2.45) is 0 Å². The summed E-state index contributed by atoms with van der Waals surface area (Å²) >= 11 is 0. The number of piperidine rings is 1. The Labute approximate surface area is 211 Å². The number of ether oxygens (including phenoxy) is 2. The van der Waals surface area contributed by atoms with Crippen LogP contribution in [0.4, 0.5) is 4.79 Å². The fraction of sp³-hybridized carbons (Fsp3) is 0.640. The largest absolute Gasteiger partial charge is 0.444 e. The van der Waals surface area contributed by atoms with Crippen molar-refractivity contribution < 1.29 is 28.7 Å². The Bertz CT molecular complexity index is 937. The molecule has 36 heavy (non-hydrogen) atoms. The van der Waals surface area contributed by atoms with E-state index in [1.807, 2.05) is 35.4 Å². The van der Waals surface area contributed by atoms with Crippen LogP contribution in [0.15, 0.2) is 30.3 Å². The molecule has 3 amide bonds. The van der Waals surface area contributed by atoms with Crippen molar-refractivity contribution in [3.8, 4) is 0 Å². The molecule has 3 aliphatic rings. The molecule has 2 N–H and O–H groups in total. The van der Waals surface area contributed by atoms with Crippen molar-refractivity contribution in [3.63, 3.8) is 0 Å². The predicted octanol–water partition coefficient (Wildman–Crippen LogP) is 1.40. The molecule has 0 aromatic heterocycles. The third-order valence-electron chi connectivity index (χ3n) is 6.63. The summed E-state index contributed by atoms with van der Waals surface area (Å²) in [7, 11) is 1.57. The third-order valence-corrected chi connectivity index (χ3v) is 6.63. The van der Waals surface area contributed by atoms with Gasteiger partial charge >= 0.3 is 6.09 Å².